The van der Waals surface area contributed by atoms with E-state index in [4.69, 9.17) is 11.6 Å². The highest BCUT2D eigenvalue weighted by Gasteiger charge is 2.22. The molecule has 0 aliphatic heterocycles. The minimum Gasteiger partial charge on any atom is -0.343 e. The summed E-state index contributed by atoms with van der Waals surface area (Å²) in [6.07, 6.45) is 2.62. The fourth-order valence-corrected chi connectivity index (χ4v) is 5.39. The lowest BCUT2D eigenvalue weighted by molar-refractivity contribution is 0.0932. The SMILES string of the molecule is Cc1ncc(-c2ccc(NS(C)(=O)=O)cc2)nc1C(=O)N[C@@H](C)c1cc2cccc(Cl)c2c(=O)n1-c1ccccc1. The summed E-state index contributed by atoms with van der Waals surface area (Å²) in [5.74, 6) is -0.460. The largest absolute Gasteiger partial charge is 0.343 e. The molecule has 1 atom stereocenters. The van der Waals surface area contributed by atoms with Gasteiger partial charge in [0.25, 0.3) is 11.5 Å². The molecule has 11 heteroatoms. The van der Waals surface area contributed by atoms with Gasteiger partial charge in [0.05, 0.1) is 40.3 Å². The van der Waals surface area contributed by atoms with Crippen LogP contribution in [0.4, 0.5) is 5.69 Å². The molecule has 0 fully saturated rings. The molecule has 0 bridgehead atoms. The zero-order valence-corrected chi connectivity index (χ0v) is 24.0. The topological polar surface area (TPSA) is 123 Å². The quantitative estimate of drug-likeness (QED) is 0.267. The van der Waals surface area contributed by atoms with Gasteiger partial charge in [-0.1, -0.05) is 54.1 Å². The summed E-state index contributed by atoms with van der Waals surface area (Å²) in [6, 6.07) is 22.3. The number of benzene rings is 3. The second kappa shape index (κ2) is 11.1. The summed E-state index contributed by atoms with van der Waals surface area (Å²) in [4.78, 5) is 36.1. The zero-order chi connectivity index (χ0) is 29.3. The zero-order valence-electron chi connectivity index (χ0n) is 22.4. The Hall–Kier alpha value is -4.54. The van der Waals surface area contributed by atoms with E-state index in [1.165, 1.54) is 0 Å². The maximum absolute atomic E-state index is 13.7. The number of hydrogen-bond acceptors (Lipinski definition) is 6. The van der Waals surface area contributed by atoms with Crippen LogP contribution in [0.25, 0.3) is 27.7 Å². The van der Waals surface area contributed by atoms with Crippen LogP contribution in [-0.4, -0.2) is 35.1 Å². The second-order valence-electron chi connectivity index (χ2n) is 9.59. The lowest BCUT2D eigenvalue weighted by Crippen LogP contribution is -2.33. The third-order valence-corrected chi connectivity index (χ3v) is 7.41. The number of halogens is 1. The molecule has 5 rings (SSSR count). The second-order valence-corrected chi connectivity index (χ2v) is 11.7. The first-order valence-corrected chi connectivity index (χ1v) is 14.9. The summed E-state index contributed by atoms with van der Waals surface area (Å²) in [6.45, 7) is 3.48. The van der Waals surface area contributed by atoms with E-state index in [1.807, 2.05) is 42.5 Å². The minimum atomic E-state index is -3.41. The molecule has 9 nitrogen and oxygen atoms in total. The number of aryl methyl sites for hydroxylation is 1. The molecule has 3 aromatic carbocycles. The molecule has 0 saturated carbocycles. The molecule has 41 heavy (non-hydrogen) atoms. The van der Waals surface area contributed by atoms with Crippen LogP contribution in [0.3, 0.4) is 0 Å². The van der Waals surface area contributed by atoms with Crippen LogP contribution in [0.1, 0.15) is 34.8 Å². The molecule has 208 valence electrons. The number of sulfonamides is 1. The fourth-order valence-electron chi connectivity index (χ4n) is 4.57. The van der Waals surface area contributed by atoms with Crippen molar-refractivity contribution in [1.82, 2.24) is 19.9 Å². The number of rotatable bonds is 7. The summed E-state index contributed by atoms with van der Waals surface area (Å²) in [5, 5.41) is 4.38. The first-order chi connectivity index (χ1) is 19.5. The van der Waals surface area contributed by atoms with Gasteiger partial charge in [0.2, 0.25) is 10.0 Å². The van der Waals surface area contributed by atoms with Gasteiger partial charge < -0.3 is 5.32 Å². The lowest BCUT2D eigenvalue weighted by Gasteiger charge is -2.21. The molecule has 0 unspecified atom stereocenters. The number of para-hydroxylation sites is 1. The van der Waals surface area contributed by atoms with Crippen LogP contribution in [0.15, 0.2) is 89.9 Å². The predicted molar refractivity (Wildman–Crippen MR) is 161 cm³/mol. The molecule has 1 amide bonds. The molecule has 0 saturated heterocycles. The van der Waals surface area contributed by atoms with Crippen molar-refractivity contribution in [2.45, 2.75) is 19.9 Å². The number of anilines is 1. The van der Waals surface area contributed by atoms with Gasteiger partial charge in [-0.2, -0.15) is 0 Å². The molecule has 5 aromatic rings. The van der Waals surface area contributed by atoms with Crippen molar-refractivity contribution in [3.8, 4) is 16.9 Å². The van der Waals surface area contributed by atoms with E-state index >= 15 is 0 Å². The van der Waals surface area contributed by atoms with Crippen molar-refractivity contribution in [3.05, 3.63) is 118 Å². The summed E-state index contributed by atoms with van der Waals surface area (Å²) in [7, 11) is -3.41. The van der Waals surface area contributed by atoms with Crippen LogP contribution in [0.2, 0.25) is 5.02 Å². The van der Waals surface area contributed by atoms with Gasteiger partial charge in [-0.25, -0.2) is 13.4 Å². The van der Waals surface area contributed by atoms with Crippen LogP contribution in [0, 0.1) is 6.92 Å². The molecule has 2 N–H and O–H groups in total. The van der Waals surface area contributed by atoms with Gasteiger partial charge in [-0.3, -0.25) is 23.9 Å². The summed E-state index contributed by atoms with van der Waals surface area (Å²) < 4.78 is 27.0. The van der Waals surface area contributed by atoms with E-state index in [9.17, 15) is 18.0 Å². The molecular weight excluding hydrogens is 562 g/mol. The maximum atomic E-state index is 13.7. The number of aromatic nitrogens is 3. The molecule has 2 aromatic heterocycles. The van der Waals surface area contributed by atoms with E-state index in [-0.39, 0.29) is 11.3 Å². The third kappa shape index (κ3) is 5.98. The lowest BCUT2D eigenvalue weighted by atomic mass is 10.1. The maximum Gasteiger partial charge on any atom is 0.272 e. The highest BCUT2D eigenvalue weighted by molar-refractivity contribution is 7.92. The molecule has 2 heterocycles. The summed E-state index contributed by atoms with van der Waals surface area (Å²) in [5.41, 5.74) is 2.99. The van der Waals surface area contributed by atoms with Gasteiger partial charge in [0.1, 0.15) is 5.69 Å². The third-order valence-electron chi connectivity index (χ3n) is 6.48. The van der Waals surface area contributed by atoms with Crippen molar-refractivity contribution in [1.29, 1.82) is 0 Å². The van der Waals surface area contributed by atoms with Crippen molar-refractivity contribution >= 4 is 44.0 Å². The normalized spacial score (nSPS) is 12.2. The Balaban J connectivity index is 1.49. The van der Waals surface area contributed by atoms with Crippen molar-refractivity contribution in [3.63, 3.8) is 0 Å². The Morgan fingerprint density at radius 1 is 1.00 bits per heavy atom. The van der Waals surface area contributed by atoms with Crippen LogP contribution >= 0.6 is 11.6 Å². The number of fused-ring (bicyclic) bond motifs is 1. The Labute approximate surface area is 241 Å². The van der Waals surface area contributed by atoms with Gasteiger partial charge in [-0.15, -0.1) is 0 Å². The van der Waals surface area contributed by atoms with Crippen LogP contribution < -0.4 is 15.6 Å². The Morgan fingerprint density at radius 2 is 1.71 bits per heavy atom. The van der Waals surface area contributed by atoms with Crippen molar-refractivity contribution in [2.75, 3.05) is 11.0 Å². The molecule has 0 aliphatic rings. The average molecular weight is 588 g/mol. The Morgan fingerprint density at radius 3 is 2.39 bits per heavy atom. The number of nitrogens with zero attached hydrogens (tertiary/aromatic N) is 3. The number of pyridine rings is 1. The van der Waals surface area contributed by atoms with Gasteiger partial charge >= 0.3 is 0 Å². The van der Waals surface area contributed by atoms with Gasteiger partial charge in [0.15, 0.2) is 0 Å². The van der Waals surface area contributed by atoms with Crippen molar-refractivity contribution < 1.29 is 13.2 Å². The number of nitrogens with one attached hydrogen (secondary N) is 2. The van der Waals surface area contributed by atoms with Crippen molar-refractivity contribution in [2.24, 2.45) is 0 Å². The van der Waals surface area contributed by atoms with Crippen LogP contribution in [0.5, 0.6) is 0 Å². The monoisotopic (exact) mass is 587 g/mol. The molecule has 0 radical (unpaired) electrons. The number of carbonyl (C=O) groups excluding carboxylic acids is 1. The first-order valence-electron chi connectivity index (χ1n) is 12.6. The Kier molecular flexibility index (Phi) is 7.61. The van der Waals surface area contributed by atoms with Crippen LogP contribution in [-0.2, 0) is 10.0 Å². The van der Waals surface area contributed by atoms with Gasteiger partial charge in [0, 0.05) is 22.6 Å². The smallest absolute Gasteiger partial charge is 0.272 e. The number of carbonyl (C=O) groups is 1. The van der Waals surface area contributed by atoms with Gasteiger partial charge in [-0.05, 0) is 55.6 Å². The van der Waals surface area contributed by atoms with E-state index in [1.54, 1.807) is 61.0 Å². The highest BCUT2D eigenvalue weighted by Crippen LogP contribution is 2.26. The summed E-state index contributed by atoms with van der Waals surface area (Å²) >= 11 is 6.41. The molecular formula is C30H26ClN5O4S. The predicted octanol–water partition coefficient (Wildman–Crippen LogP) is 5.27. The highest BCUT2D eigenvalue weighted by atomic mass is 35.5. The molecule has 0 aliphatic carbocycles. The van der Waals surface area contributed by atoms with E-state index < -0.39 is 22.0 Å². The number of amides is 1. The van der Waals surface area contributed by atoms with E-state index in [0.29, 0.717) is 49.8 Å². The standard InChI is InChI=1S/C30H26ClN5O4S/c1-18(26-16-21-8-7-11-24(31)27(21)30(38)36(26)23-9-5-4-6-10-23)33-29(37)28-19(2)32-17-25(34-28)20-12-14-22(15-13-20)35-41(3,39)40/h4-18,35H,1-3H3,(H,33,37)/t18-/m0/s1. The Bertz CT molecular complexity index is 1940. The fraction of sp³-hybridized carbons (Fsp3) is 0.133. The minimum absolute atomic E-state index is 0.130. The molecule has 0 spiro atoms. The average Bonchev–Trinajstić information content (AvgIpc) is 2.93. The van der Waals surface area contributed by atoms with E-state index in [2.05, 4.69) is 20.0 Å². The first kappa shape index (κ1) is 28.0. The number of hydrogen-bond donors (Lipinski definition) is 2. The van der Waals surface area contributed by atoms with E-state index in [0.717, 1.165) is 6.26 Å².